The van der Waals surface area contributed by atoms with Crippen LogP contribution in [0.25, 0.3) is 0 Å². The zero-order valence-corrected chi connectivity index (χ0v) is 14.0. The Morgan fingerprint density at radius 1 is 1.00 bits per heavy atom. The Hall–Kier alpha value is -0.523. The van der Waals surface area contributed by atoms with Crippen molar-refractivity contribution in [3.05, 3.63) is 12.2 Å². The molecule has 0 aliphatic rings. The van der Waals surface area contributed by atoms with Crippen LogP contribution in [0.3, 0.4) is 0 Å². The van der Waals surface area contributed by atoms with Gasteiger partial charge in [-0.15, -0.1) is 12.3 Å². The summed E-state index contributed by atoms with van der Waals surface area (Å²) in [6, 6.07) is 0. The first kappa shape index (κ1) is 17.5. The minimum Gasteiger partial charge on any atom is -0.412 e. The van der Waals surface area contributed by atoms with Gasteiger partial charge in [0.2, 0.25) is 8.32 Å². The fraction of sp³-hybridized carbons (Fsp3) is 0.750. The van der Waals surface area contributed by atoms with E-state index in [2.05, 4.69) is 59.6 Å². The Morgan fingerprint density at radius 3 is 1.89 bits per heavy atom. The second-order valence-electron chi connectivity index (χ2n) is 5.84. The lowest BCUT2D eigenvalue weighted by atomic mass is 10.3. The van der Waals surface area contributed by atoms with Gasteiger partial charge in [-0.2, -0.15) is 0 Å². The second-order valence-corrected chi connectivity index (χ2v) is 11.3. The van der Waals surface area contributed by atoms with Crippen molar-refractivity contribution in [1.82, 2.24) is 0 Å². The Kier molecular flexibility index (Phi) is 8.31. The van der Waals surface area contributed by atoms with E-state index in [1.54, 1.807) is 0 Å². The Morgan fingerprint density at radius 2 is 1.50 bits per heavy atom. The van der Waals surface area contributed by atoms with E-state index in [1.165, 1.54) is 0 Å². The zero-order chi connectivity index (χ0) is 14.2. The minimum absolute atomic E-state index is 0.650. The van der Waals surface area contributed by atoms with Gasteiger partial charge in [-0.25, -0.2) is 0 Å². The summed E-state index contributed by atoms with van der Waals surface area (Å²) < 4.78 is 6.39. The predicted octanol–water partition coefficient (Wildman–Crippen LogP) is 5.15. The highest BCUT2D eigenvalue weighted by Crippen LogP contribution is 2.42. The number of hydrogen-bond acceptors (Lipinski definition) is 1. The molecule has 0 heterocycles. The summed E-state index contributed by atoms with van der Waals surface area (Å²) in [6.07, 6.45) is 11.3. The molecule has 0 aromatic carbocycles. The van der Waals surface area contributed by atoms with Crippen LogP contribution < -0.4 is 0 Å². The Bertz CT molecular complexity index is 262. The highest BCUT2D eigenvalue weighted by molar-refractivity contribution is 6.77. The number of unbranched alkanes of at least 4 members (excludes halogenated alkanes) is 1. The van der Waals surface area contributed by atoms with E-state index in [4.69, 9.17) is 10.8 Å². The van der Waals surface area contributed by atoms with E-state index < -0.39 is 8.32 Å². The van der Waals surface area contributed by atoms with Gasteiger partial charge in [-0.3, -0.25) is 0 Å². The van der Waals surface area contributed by atoms with Gasteiger partial charge in [-0.05, 0) is 23.0 Å². The first-order chi connectivity index (χ1) is 8.39. The Labute approximate surface area is 115 Å². The lowest BCUT2D eigenvalue weighted by Crippen LogP contribution is -2.47. The fourth-order valence-corrected chi connectivity index (χ4v) is 8.43. The van der Waals surface area contributed by atoms with Crippen molar-refractivity contribution in [3.63, 3.8) is 0 Å². The molecular weight excluding hydrogens is 236 g/mol. The lowest BCUT2D eigenvalue weighted by Gasteiger charge is -2.41. The maximum absolute atomic E-state index is 6.39. The molecule has 0 aromatic rings. The molecule has 0 rings (SSSR count). The maximum Gasteiger partial charge on any atom is 0.200 e. The van der Waals surface area contributed by atoms with Crippen molar-refractivity contribution in [3.8, 4) is 12.3 Å². The van der Waals surface area contributed by atoms with Gasteiger partial charge in [0.1, 0.15) is 0 Å². The van der Waals surface area contributed by atoms with Gasteiger partial charge in [0.15, 0.2) is 0 Å². The van der Waals surface area contributed by atoms with Crippen LogP contribution in [0.4, 0.5) is 0 Å². The highest BCUT2D eigenvalue weighted by atomic mass is 28.4. The van der Waals surface area contributed by atoms with Gasteiger partial charge in [0.05, 0.1) is 6.61 Å². The molecule has 0 aromatic heterocycles. The van der Waals surface area contributed by atoms with Crippen LogP contribution in [0.2, 0.25) is 16.6 Å². The third-order valence-electron chi connectivity index (χ3n) is 3.76. The third kappa shape index (κ3) is 4.63. The quantitative estimate of drug-likeness (QED) is 0.255. The van der Waals surface area contributed by atoms with E-state index in [0.717, 1.165) is 19.4 Å². The molecule has 2 heteroatoms. The summed E-state index contributed by atoms with van der Waals surface area (Å²) in [5.74, 6) is 2.65. The van der Waals surface area contributed by atoms with Crippen molar-refractivity contribution in [1.29, 1.82) is 0 Å². The van der Waals surface area contributed by atoms with Crippen molar-refractivity contribution >= 4 is 8.32 Å². The van der Waals surface area contributed by atoms with Crippen molar-refractivity contribution in [2.45, 2.75) is 71.0 Å². The molecule has 0 amide bonds. The van der Waals surface area contributed by atoms with Crippen LogP contribution in [0, 0.1) is 12.3 Å². The summed E-state index contributed by atoms with van der Waals surface area (Å²) in [7, 11) is -1.69. The highest BCUT2D eigenvalue weighted by Gasteiger charge is 2.44. The monoisotopic (exact) mass is 266 g/mol. The maximum atomic E-state index is 6.39. The SMILES string of the molecule is C#CCC/C=C/CO[Si](C(C)C)(C(C)C)C(C)C. The van der Waals surface area contributed by atoms with Gasteiger partial charge >= 0.3 is 0 Å². The lowest BCUT2D eigenvalue weighted by molar-refractivity contribution is 0.316. The van der Waals surface area contributed by atoms with Crippen LogP contribution in [0.5, 0.6) is 0 Å². The topological polar surface area (TPSA) is 9.23 Å². The minimum atomic E-state index is -1.69. The Balaban J connectivity index is 4.53. The van der Waals surface area contributed by atoms with Gasteiger partial charge in [0.25, 0.3) is 0 Å². The largest absolute Gasteiger partial charge is 0.412 e. The second kappa shape index (κ2) is 8.56. The molecule has 0 spiro atoms. The first-order valence-electron chi connectivity index (χ1n) is 7.11. The molecular formula is C16H30OSi. The van der Waals surface area contributed by atoms with Gasteiger partial charge in [0, 0.05) is 6.42 Å². The molecule has 0 fully saturated rings. The molecule has 0 atom stereocenters. The summed E-state index contributed by atoms with van der Waals surface area (Å²) in [6.45, 7) is 14.6. The van der Waals surface area contributed by atoms with E-state index in [0.29, 0.717) is 16.6 Å². The fourth-order valence-electron chi connectivity index (χ4n) is 3.05. The molecule has 0 saturated carbocycles. The molecule has 0 aliphatic carbocycles. The smallest absolute Gasteiger partial charge is 0.200 e. The predicted molar refractivity (Wildman–Crippen MR) is 84.2 cm³/mol. The number of allylic oxidation sites excluding steroid dienone is 1. The number of hydrogen-bond donors (Lipinski definition) is 0. The average Bonchev–Trinajstić information content (AvgIpc) is 2.26. The van der Waals surface area contributed by atoms with Crippen molar-refractivity contribution in [2.75, 3.05) is 6.61 Å². The number of terminal acetylenes is 1. The molecule has 0 N–H and O–H groups in total. The molecule has 0 saturated heterocycles. The van der Waals surface area contributed by atoms with Crippen molar-refractivity contribution in [2.24, 2.45) is 0 Å². The number of rotatable bonds is 8. The molecule has 0 radical (unpaired) electrons. The summed E-state index contributed by atoms with van der Waals surface area (Å²) in [4.78, 5) is 0. The average molecular weight is 267 g/mol. The van der Waals surface area contributed by atoms with E-state index in [-0.39, 0.29) is 0 Å². The molecule has 0 aliphatic heterocycles. The molecule has 0 unspecified atom stereocenters. The van der Waals surface area contributed by atoms with Crippen LogP contribution in [0.1, 0.15) is 54.4 Å². The van der Waals surface area contributed by atoms with E-state index in [9.17, 15) is 0 Å². The normalized spacial score (nSPS) is 12.9. The van der Waals surface area contributed by atoms with Crippen LogP contribution in [0.15, 0.2) is 12.2 Å². The zero-order valence-electron chi connectivity index (χ0n) is 13.0. The molecule has 104 valence electrons. The van der Waals surface area contributed by atoms with Crippen LogP contribution in [-0.2, 0) is 4.43 Å². The van der Waals surface area contributed by atoms with E-state index >= 15 is 0 Å². The summed E-state index contributed by atoms with van der Waals surface area (Å²) >= 11 is 0. The van der Waals surface area contributed by atoms with Gasteiger partial charge < -0.3 is 4.43 Å². The molecule has 1 nitrogen and oxygen atoms in total. The molecule has 0 bridgehead atoms. The van der Waals surface area contributed by atoms with Gasteiger partial charge in [-0.1, -0.05) is 53.7 Å². The van der Waals surface area contributed by atoms with Crippen molar-refractivity contribution < 1.29 is 4.43 Å². The molecule has 18 heavy (non-hydrogen) atoms. The third-order valence-corrected chi connectivity index (χ3v) is 9.84. The van der Waals surface area contributed by atoms with Crippen LogP contribution >= 0.6 is 0 Å². The van der Waals surface area contributed by atoms with Crippen LogP contribution in [-0.4, -0.2) is 14.9 Å². The first-order valence-corrected chi connectivity index (χ1v) is 9.26. The summed E-state index contributed by atoms with van der Waals surface area (Å²) in [5.41, 5.74) is 1.95. The van der Waals surface area contributed by atoms with E-state index in [1.807, 2.05) is 0 Å². The summed E-state index contributed by atoms with van der Waals surface area (Å²) in [5, 5.41) is 0. The standard InChI is InChI=1S/C16H30OSi/c1-8-9-10-11-12-13-17-18(14(2)3,15(4)5)16(6)7/h1,11-12,14-16H,9-10,13H2,2-7H3/b12-11+.